The second kappa shape index (κ2) is 4.73. The minimum absolute atomic E-state index is 0.0462. The van der Waals surface area contributed by atoms with Crippen molar-refractivity contribution in [3.8, 4) is 0 Å². The molecule has 2 aromatic rings. The number of carbonyl (C=O) groups is 2. The molecule has 0 N–H and O–H groups in total. The van der Waals surface area contributed by atoms with Crippen molar-refractivity contribution in [2.24, 2.45) is 0 Å². The van der Waals surface area contributed by atoms with Crippen LogP contribution in [0.4, 0.5) is 5.13 Å². The van der Waals surface area contributed by atoms with Crippen molar-refractivity contribution in [2.75, 3.05) is 11.9 Å². The van der Waals surface area contributed by atoms with Gasteiger partial charge in [-0.25, -0.2) is 4.98 Å². The molecule has 6 heteroatoms. The Kier molecular flexibility index (Phi) is 3.29. The third-order valence-corrected chi connectivity index (χ3v) is 3.76. The number of furan rings is 1. The molecule has 0 saturated carbocycles. The van der Waals surface area contributed by atoms with E-state index in [0.717, 1.165) is 0 Å². The zero-order valence-electron chi connectivity index (χ0n) is 10.3. The molecule has 2 aromatic heterocycles. The number of Topliss-reactive ketones (excluding diaryl/α,β-unsaturated/α-hetero) is 1. The van der Waals surface area contributed by atoms with Gasteiger partial charge in [0.25, 0.3) is 5.91 Å². The van der Waals surface area contributed by atoms with E-state index in [1.54, 1.807) is 26.1 Å². The molecule has 0 bridgehead atoms. The van der Waals surface area contributed by atoms with Gasteiger partial charge in [0.2, 0.25) is 0 Å². The van der Waals surface area contributed by atoms with Gasteiger partial charge >= 0.3 is 0 Å². The van der Waals surface area contributed by atoms with E-state index >= 15 is 0 Å². The molecule has 2 rings (SSSR count). The van der Waals surface area contributed by atoms with Crippen LogP contribution in [-0.2, 0) is 0 Å². The largest absolute Gasteiger partial charge is 0.459 e. The normalized spacial score (nSPS) is 10.4. The number of aryl methyl sites for hydroxylation is 1. The van der Waals surface area contributed by atoms with E-state index in [1.807, 2.05) is 0 Å². The van der Waals surface area contributed by atoms with Crippen molar-refractivity contribution in [3.05, 3.63) is 34.7 Å². The number of carbonyl (C=O) groups excluding carboxylic acids is 2. The Morgan fingerprint density at radius 2 is 2.17 bits per heavy atom. The standard InChI is InChI=1S/C12H12N2O3S/c1-7-10(8(2)15)18-12(13-7)14(3)11(16)9-5-4-6-17-9/h4-6H,1-3H3. The van der Waals surface area contributed by atoms with Gasteiger partial charge in [-0.2, -0.15) is 0 Å². The molecular weight excluding hydrogens is 252 g/mol. The van der Waals surface area contributed by atoms with Crippen molar-refractivity contribution >= 4 is 28.2 Å². The number of hydrogen-bond donors (Lipinski definition) is 0. The van der Waals surface area contributed by atoms with Crippen LogP contribution in [0.25, 0.3) is 0 Å². The number of hydrogen-bond acceptors (Lipinski definition) is 5. The van der Waals surface area contributed by atoms with E-state index < -0.39 is 0 Å². The lowest BCUT2D eigenvalue weighted by Gasteiger charge is -2.11. The van der Waals surface area contributed by atoms with Gasteiger partial charge in [0.1, 0.15) is 0 Å². The average Bonchev–Trinajstić information content (AvgIpc) is 2.95. The molecule has 0 aliphatic heterocycles. The van der Waals surface area contributed by atoms with E-state index in [9.17, 15) is 9.59 Å². The molecule has 0 atom stereocenters. The van der Waals surface area contributed by atoms with E-state index in [1.165, 1.54) is 29.4 Å². The fourth-order valence-corrected chi connectivity index (χ4v) is 2.43. The number of nitrogens with zero attached hydrogens (tertiary/aromatic N) is 2. The van der Waals surface area contributed by atoms with Gasteiger partial charge in [0.05, 0.1) is 16.8 Å². The van der Waals surface area contributed by atoms with Crippen LogP contribution in [-0.4, -0.2) is 23.7 Å². The summed E-state index contributed by atoms with van der Waals surface area (Å²) in [4.78, 5) is 29.5. The van der Waals surface area contributed by atoms with Gasteiger partial charge in [-0.15, -0.1) is 0 Å². The predicted octanol–water partition coefficient (Wildman–Crippen LogP) is 2.52. The zero-order chi connectivity index (χ0) is 13.3. The Morgan fingerprint density at radius 3 is 2.67 bits per heavy atom. The van der Waals surface area contributed by atoms with E-state index in [-0.39, 0.29) is 17.5 Å². The first kappa shape index (κ1) is 12.5. The van der Waals surface area contributed by atoms with Gasteiger partial charge in [-0.1, -0.05) is 11.3 Å². The summed E-state index contributed by atoms with van der Waals surface area (Å²) in [7, 11) is 1.60. The molecule has 1 amide bonds. The smallest absolute Gasteiger partial charge is 0.295 e. The van der Waals surface area contributed by atoms with Crippen LogP contribution in [0.2, 0.25) is 0 Å². The first-order chi connectivity index (χ1) is 8.50. The second-order valence-corrected chi connectivity index (χ2v) is 4.79. The quantitative estimate of drug-likeness (QED) is 0.799. The summed E-state index contributed by atoms with van der Waals surface area (Å²) in [5.74, 6) is -0.0892. The van der Waals surface area contributed by atoms with Crippen LogP contribution < -0.4 is 4.90 Å². The van der Waals surface area contributed by atoms with Crippen LogP contribution in [0.1, 0.15) is 32.8 Å². The molecule has 0 spiro atoms. The van der Waals surface area contributed by atoms with Gasteiger partial charge in [-0.05, 0) is 19.1 Å². The SMILES string of the molecule is CC(=O)c1sc(N(C)C(=O)c2ccco2)nc1C. The Hall–Kier alpha value is -1.95. The number of rotatable bonds is 3. The summed E-state index contributed by atoms with van der Waals surface area (Å²) < 4.78 is 5.04. The summed E-state index contributed by atoms with van der Waals surface area (Å²) in [6.45, 7) is 3.24. The number of ketones is 1. The highest BCUT2D eigenvalue weighted by Gasteiger charge is 2.21. The monoisotopic (exact) mass is 264 g/mol. The maximum absolute atomic E-state index is 12.0. The highest BCUT2D eigenvalue weighted by atomic mass is 32.1. The lowest BCUT2D eigenvalue weighted by molar-refractivity contribution is 0.0965. The van der Waals surface area contributed by atoms with Crippen molar-refractivity contribution < 1.29 is 14.0 Å². The average molecular weight is 264 g/mol. The van der Waals surface area contributed by atoms with Crippen LogP contribution in [0.3, 0.4) is 0 Å². The summed E-state index contributed by atoms with van der Waals surface area (Å²) in [6.07, 6.45) is 1.44. The van der Waals surface area contributed by atoms with Crippen LogP contribution in [0.5, 0.6) is 0 Å². The van der Waals surface area contributed by atoms with Crippen LogP contribution in [0, 0.1) is 6.92 Å². The lowest BCUT2D eigenvalue weighted by Crippen LogP contribution is -2.25. The molecule has 0 aliphatic rings. The number of aromatic nitrogens is 1. The number of anilines is 1. The fourth-order valence-electron chi connectivity index (χ4n) is 1.50. The third-order valence-electron chi connectivity index (χ3n) is 2.43. The molecule has 0 saturated heterocycles. The van der Waals surface area contributed by atoms with E-state index in [2.05, 4.69) is 4.98 Å². The molecule has 5 nitrogen and oxygen atoms in total. The Balaban J connectivity index is 2.29. The summed E-state index contributed by atoms with van der Waals surface area (Å²) >= 11 is 1.20. The fraction of sp³-hybridized carbons (Fsp3) is 0.250. The topological polar surface area (TPSA) is 63.4 Å². The van der Waals surface area contributed by atoms with E-state index in [0.29, 0.717) is 15.7 Å². The van der Waals surface area contributed by atoms with Crippen molar-refractivity contribution in [3.63, 3.8) is 0 Å². The highest BCUT2D eigenvalue weighted by Crippen LogP contribution is 2.26. The second-order valence-electron chi connectivity index (χ2n) is 3.81. The summed E-state index contributed by atoms with van der Waals surface area (Å²) in [5, 5.41) is 0.485. The molecule has 0 fully saturated rings. The Morgan fingerprint density at radius 1 is 1.44 bits per heavy atom. The molecular formula is C12H12N2O3S. The van der Waals surface area contributed by atoms with Gasteiger partial charge in [0, 0.05) is 14.0 Å². The first-order valence-corrected chi connectivity index (χ1v) is 6.12. The number of thiazole rings is 1. The van der Waals surface area contributed by atoms with Crippen LogP contribution in [0.15, 0.2) is 22.8 Å². The minimum Gasteiger partial charge on any atom is -0.459 e. The van der Waals surface area contributed by atoms with Crippen molar-refractivity contribution in [2.45, 2.75) is 13.8 Å². The molecule has 18 heavy (non-hydrogen) atoms. The minimum atomic E-state index is -0.288. The van der Waals surface area contributed by atoms with E-state index in [4.69, 9.17) is 4.42 Å². The van der Waals surface area contributed by atoms with Gasteiger partial charge in [0.15, 0.2) is 16.7 Å². The summed E-state index contributed by atoms with van der Waals surface area (Å²) in [6, 6.07) is 3.24. The molecule has 94 valence electrons. The zero-order valence-corrected chi connectivity index (χ0v) is 11.1. The third kappa shape index (κ3) is 2.19. The molecule has 0 unspecified atom stereocenters. The molecule has 0 aliphatic carbocycles. The number of amides is 1. The maximum Gasteiger partial charge on any atom is 0.295 e. The van der Waals surface area contributed by atoms with Gasteiger partial charge < -0.3 is 4.42 Å². The Bertz CT molecular complexity index is 586. The first-order valence-electron chi connectivity index (χ1n) is 5.30. The molecule has 0 aromatic carbocycles. The summed E-state index contributed by atoms with van der Waals surface area (Å²) in [5.41, 5.74) is 0.640. The molecule has 0 radical (unpaired) electrons. The van der Waals surface area contributed by atoms with Crippen molar-refractivity contribution in [1.82, 2.24) is 4.98 Å². The van der Waals surface area contributed by atoms with Crippen LogP contribution >= 0.6 is 11.3 Å². The molecule has 2 heterocycles. The van der Waals surface area contributed by atoms with Gasteiger partial charge in [-0.3, -0.25) is 14.5 Å². The highest BCUT2D eigenvalue weighted by molar-refractivity contribution is 7.17. The predicted molar refractivity (Wildman–Crippen MR) is 68.3 cm³/mol. The Labute approximate surface area is 108 Å². The lowest BCUT2D eigenvalue weighted by atomic mass is 10.3. The maximum atomic E-state index is 12.0. The van der Waals surface area contributed by atoms with Crippen molar-refractivity contribution in [1.29, 1.82) is 0 Å².